The average molecular weight is 212 g/mol. The molecule has 3 heteroatoms. The highest BCUT2D eigenvalue weighted by atomic mass is 16.2. The summed E-state index contributed by atoms with van der Waals surface area (Å²) >= 11 is 0. The Morgan fingerprint density at radius 1 is 1.47 bits per heavy atom. The van der Waals surface area contributed by atoms with Gasteiger partial charge in [-0.05, 0) is 25.2 Å². The molecule has 0 aliphatic heterocycles. The van der Waals surface area contributed by atoms with Gasteiger partial charge in [-0.25, -0.2) is 0 Å². The monoisotopic (exact) mass is 212 g/mol. The van der Waals surface area contributed by atoms with Crippen molar-refractivity contribution in [1.82, 2.24) is 5.32 Å². The number of nitrogens with one attached hydrogen (secondary N) is 1. The van der Waals surface area contributed by atoms with Crippen molar-refractivity contribution in [3.05, 3.63) is 0 Å². The first-order chi connectivity index (χ1) is 7.05. The van der Waals surface area contributed by atoms with Crippen LogP contribution in [-0.4, -0.2) is 18.5 Å². The van der Waals surface area contributed by atoms with Crippen LogP contribution in [0.4, 0.5) is 0 Å². The van der Waals surface area contributed by atoms with Crippen LogP contribution in [0.1, 0.15) is 46.5 Å². The van der Waals surface area contributed by atoms with Crippen molar-refractivity contribution >= 4 is 5.91 Å². The molecule has 0 spiro atoms. The summed E-state index contributed by atoms with van der Waals surface area (Å²) in [6.45, 7) is 6.89. The van der Waals surface area contributed by atoms with Crippen molar-refractivity contribution in [2.75, 3.05) is 6.54 Å². The smallest absolute Gasteiger partial charge is 0.227 e. The minimum atomic E-state index is -0.234. The molecule has 0 aromatic heterocycles. The summed E-state index contributed by atoms with van der Waals surface area (Å²) in [7, 11) is 0. The molecular weight excluding hydrogens is 188 g/mol. The molecule has 0 aromatic rings. The maximum atomic E-state index is 12.1. The second-order valence-corrected chi connectivity index (χ2v) is 5.07. The molecule has 1 aliphatic rings. The maximum absolute atomic E-state index is 12.1. The van der Waals surface area contributed by atoms with E-state index in [-0.39, 0.29) is 11.3 Å². The van der Waals surface area contributed by atoms with E-state index in [9.17, 15) is 4.79 Å². The van der Waals surface area contributed by atoms with Gasteiger partial charge in [0.15, 0.2) is 0 Å². The Labute approximate surface area is 92.8 Å². The molecule has 1 fully saturated rings. The number of hydrogen-bond acceptors (Lipinski definition) is 2. The third kappa shape index (κ3) is 2.51. The number of nitrogens with two attached hydrogens (primary N) is 1. The Morgan fingerprint density at radius 2 is 2.07 bits per heavy atom. The van der Waals surface area contributed by atoms with Crippen LogP contribution in [0.25, 0.3) is 0 Å². The third-order valence-corrected chi connectivity index (χ3v) is 3.74. The molecule has 1 unspecified atom stereocenters. The van der Waals surface area contributed by atoms with Crippen molar-refractivity contribution in [3.8, 4) is 0 Å². The lowest BCUT2D eigenvalue weighted by atomic mass is 9.68. The van der Waals surface area contributed by atoms with Crippen molar-refractivity contribution < 1.29 is 4.79 Å². The highest BCUT2D eigenvalue weighted by Gasteiger charge is 2.43. The molecule has 88 valence electrons. The van der Waals surface area contributed by atoms with Crippen molar-refractivity contribution in [1.29, 1.82) is 0 Å². The van der Waals surface area contributed by atoms with E-state index < -0.39 is 0 Å². The molecule has 1 amide bonds. The molecule has 1 rings (SSSR count). The number of carbonyl (C=O) groups excluding carboxylic acids is 1. The molecule has 0 saturated heterocycles. The largest absolute Gasteiger partial charge is 0.353 e. The van der Waals surface area contributed by atoms with Gasteiger partial charge in [-0.15, -0.1) is 0 Å². The number of hydrogen-bond donors (Lipinski definition) is 2. The molecule has 1 saturated carbocycles. The van der Waals surface area contributed by atoms with E-state index in [2.05, 4.69) is 26.1 Å². The van der Waals surface area contributed by atoms with Gasteiger partial charge in [0, 0.05) is 12.6 Å². The Balaban J connectivity index is 2.53. The SMILES string of the molecule is CCC(NC(=O)C1(CN)CCC1)C(C)C. The van der Waals surface area contributed by atoms with Gasteiger partial charge in [0.05, 0.1) is 5.41 Å². The standard InChI is InChI=1S/C12H24N2O/c1-4-10(9(2)3)14-11(15)12(8-13)6-5-7-12/h9-10H,4-8,13H2,1-3H3,(H,14,15). The van der Waals surface area contributed by atoms with Gasteiger partial charge >= 0.3 is 0 Å². The Hall–Kier alpha value is -0.570. The van der Waals surface area contributed by atoms with E-state index >= 15 is 0 Å². The lowest BCUT2D eigenvalue weighted by Crippen LogP contribution is -2.53. The summed E-state index contributed by atoms with van der Waals surface area (Å²) in [5.74, 6) is 0.672. The molecule has 0 bridgehead atoms. The van der Waals surface area contributed by atoms with Gasteiger partial charge in [0.1, 0.15) is 0 Å². The fourth-order valence-electron chi connectivity index (χ4n) is 2.19. The first kappa shape index (κ1) is 12.5. The van der Waals surface area contributed by atoms with Crippen LogP contribution in [0.3, 0.4) is 0 Å². The summed E-state index contributed by atoms with van der Waals surface area (Å²) in [5.41, 5.74) is 5.47. The van der Waals surface area contributed by atoms with E-state index in [0.717, 1.165) is 25.7 Å². The molecule has 15 heavy (non-hydrogen) atoms. The van der Waals surface area contributed by atoms with Crippen LogP contribution in [0.2, 0.25) is 0 Å². The molecular formula is C12H24N2O. The molecule has 0 radical (unpaired) electrons. The highest BCUT2D eigenvalue weighted by molar-refractivity contribution is 5.84. The summed E-state index contributed by atoms with van der Waals surface area (Å²) in [6.07, 6.45) is 4.06. The predicted molar refractivity (Wildman–Crippen MR) is 62.4 cm³/mol. The first-order valence-corrected chi connectivity index (χ1v) is 6.07. The molecule has 0 aromatic carbocycles. The fourth-order valence-corrected chi connectivity index (χ4v) is 2.19. The second kappa shape index (κ2) is 4.97. The zero-order valence-electron chi connectivity index (χ0n) is 10.2. The number of carbonyl (C=O) groups is 1. The van der Waals surface area contributed by atoms with Crippen LogP contribution in [-0.2, 0) is 4.79 Å². The van der Waals surface area contributed by atoms with E-state index in [0.29, 0.717) is 18.5 Å². The molecule has 3 nitrogen and oxygen atoms in total. The third-order valence-electron chi connectivity index (χ3n) is 3.74. The zero-order chi connectivity index (χ0) is 11.5. The Morgan fingerprint density at radius 3 is 2.33 bits per heavy atom. The van der Waals surface area contributed by atoms with Crippen LogP contribution in [0, 0.1) is 11.3 Å². The van der Waals surface area contributed by atoms with E-state index in [1.54, 1.807) is 0 Å². The van der Waals surface area contributed by atoms with Crippen molar-refractivity contribution in [2.24, 2.45) is 17.1 Å². The van der Waals surface area contributed by atoms with Gasteiger partial charge in [-0.3, -0.25) is 4.79 Å². The number of rotatable bonds is 5. The fraction of sp³-hybridized carbons (Fsp3) is 0.917. The molecule has 0 heterocycles. The zero-order valence-corrected chi connectivity index (χ0v) is 10.2. The minimum Gasteiger partial charge on any atom is -0.353 e. The van der Waals surface area contributed by atoms with Crippen LogP contribution in [0.15, 0.2) is 0 Å². The quantitative estimate of drug-likeness (QED) is 0.728. The predicted octanol–water partition coefficient (Wildman–Crippen LogP) is 1.67. The Kier molecular flexibility index (Phi) is 4.14. The maximum Gasteiger partial charge on any atom is 0.227 e. The lowest BCUT2D eigenvalue weighted by Gasteiger charge is -2.40. The van der Waals surface area contributed by atoms with Gasteiger partial charge < -0.3 is 11.1 Å². The number of amides is 1. The molecule has 3 N–H and O–H groups in total. The Bertz CT molecular complexity index is 216. The van der Waals surface area contributed by atoms with Gasteiger partial charge in [0.2, 0.25) is 5.91 Å². The normalized spacial score (nSPS) is 20.9. The van der Waals surface area contributed by atoms with E-state index in [1.807, 2.05) is 0 Å². The summed E-state index contributed by atoms with van der Waals surface area (Å²) in [6, 6.07) is 0.293. The topological polar surface area (TPSA) is 55.1 Å². The highest BCUT2D eigenvalue weighted by Crippen LogP contribution is 2.40. The molecule has 1 atom stereocenters. The van der Waals surface area contributed by atoms with Gasteiger partial charge in [-0.2, -0.15) is 0 Å². The van der Waals surface area contributed by atoms with Crippen LogP contribution < -0.4 is 11.1 Å². The van der Waals surface area contributed by atoms with Crippen molar-refractivity contribution in [2.45, 2.75) is 52.5 Å². The van der Waals surface area contributed by atoms with Crippen LogP contribution >= 0.6 is 0 Å². The second-order valence-electron chi connectivity index (χ2n) is 5.07. The van der Waals surface area contributed by atoms with E-state index in [4.69, 9.17) is 5.73 Å². The van der Waals surface area contributed by atoms with Gasteiger partial charge in [0.25, 0.3) is 0 Å². The summed E-state index contributed by atoms with van der Waals surface area (Å²) < 4.78 is 0. The van der Waals surface area contributed by atoms with Crippen LogP contribution in [0.5, 0.6) is 0 Å². The summed E-state index contributed by atoms with van der Waals surface area (Å²) in [4.78, 5) is 12.1. The lowest BCUT2D eigenvalue weighted by molar-refractivity contribution is -0.136. The van der Waals surface area contributed by atoms with E-state index in [1.165, 1.54) is 0 Å². The summed E-state index contributed by atoms with van der Waals surface area (Å²) in [5, 5.41) is 3.14. The minimum absolute atomic E-state index is 0.178. The average Bonchev–Trinajstić information content (AvgIpc) is 2.12. The molecule has 1 aliphatic carbocycles. The van der Waals surface area contributed by atoms with Gasteiger partial charge in [-0.1, -0.05) is 27.2 Å². The first-order valence-electron chi connectivity index (χ1n) is 6.07. The van der Waals surface area contributed by atoms with Crippen molar-refractivity contribution in [3.63, 3.8) is 0 Å².